The number of Topliss-reactive ketones (excluding diaryl/α,β-unsaturated/α-hetero) is 1. The Morgan fingerprint density at radius 2 is 1.79 bits per heavy atom. The molecule has 2 N–H and O–H groups in total. The molecule has 1 amide bonds. The SMILES string of the molecule is Cc1cc(C(=O)[C@@H](NC(=O)O)C(C)C)c(O[SiH3])c(C)c1C(C)(C)C. The van der Waals surface area contributed by atoms with E-state index in [2.05, 4.69) is 26.1 Å². The number of carboxylic acid groups (broad SMARTS) is 1. The van der Waals surface area contributed by atoms with Crippen molar-refractivity contribution in [3.63, 3.8) is 0 Å². The molecular weight excluding hydrogens is 322 g/mol. The molecule has 0 aliphatic carbocycles. The molecule has 1 rings (SSSR count). The summed E-state index contributed by atoms with van der Waals surface area (Å²) < 4.78 is 5.67. The minimum absolute atomic E-state index is 0.0681. The Hall–Kier alpha value is -1.82. The summed E-state index contributed by atoms with van der Waals surface area (Å²) in [7, 11) is 0.454. The van der Waals surface area contributed by atoms with Crippen LogP contribution in [-0.2, 0) is 5.41 Å². The van der Waals surface area contributed by atoms with Crippen LogP contribution in [0.4, 0.5) is 4.79 Å². The fourth-order valence-corrected chi connectivity index (χ4v) is 3.93. The van der Waals surface area contributed by atoms with E-state index in [-0.39, 0.29) is 17.1 Å². The number of amides is 1. The zero-order chi connectivity index (χ0) is 18.8. The van der Waals surface area contributed by atoms with Crippen molar-refractivity contribution < 1.29 is 19.1 Å². The Balaban J connectivity index is 3.54. The molecule has 0 saturated heterocycles. The second-order valence-electron chi connectivity index (χ2n) is 7.56. The van der Waals surface area contributed by atoms with Crippen LogP contribution in [0.25, 0.3) is 0 Å². The highest BCUT2D eigenvalue weighted by Crippen LogP contribution is 2.37. The highest BCUT2D eigenvalue weighted by Gasteiger charge is 2.30. The van der Waals surface area contributed by atoms with E-state index >= 15 is 0 Å². The van der Waals surface area contributed by atoms with E-state index in [0.717, 1.165) is 16.7 Å². The second kappa shape index (κ2) is 7.38. The van der Waals surface area contributed by atoms with Gasteiger partial charge < -0.3 is 14.8 Å². The van der Waals surface area contributed by atoms with Gasteiger partial charge in [-0.15, -0.1) is 0 Å². The number of carbonyl (C=O) groups excluding carboxylic acids is 1. The number of rotatable bonds is 5. The maximum absolute atomic E-state index is 13.0. The second-order valence-corrected chi connectivity index (χ2v) is 7.97. The van der Waals surface area contributed by atoms with Crippen LogP contribution in [0.2, 0.25) is 0 Å². The predicted octanol–water partition coefficient (Wildman–Crippen LogP) is 2.74. The van der Waals surface area contributed by atoms with Gasteiger partial charge in [0, 0.05) is 0 Å². The summed E-state index contributed by atoms with van der Waals surface area (Å²) in [5.41, 5.74) is 3.53. The number of aryl methyl sites for hydroxylation is 1. The van der Waals surface area contributed by atoms with Crippen LogP contribution in [0.3, 0.4) is 0 Å². The van der Waals surface area contributed by atoms with Crippen LogP contribution in [0.15, 0.2) is 6.07 Å². The molecule has 24 heavy (non-hydrogen) atoms. The van der Waals surface area contributed by atoms with Crippen LogP contribution in [0.5, 0.6) is 5.75 Å². The summed E-state index contributed by atoms with van der Waals surface area (Å²) in [5.74, 6) is 0.184. The third-order valence-corrected chi connectivity index (χ3v) is 4.57. The van der Waals surface area contributed by atoms with Crippen molar-refractivity contribution >= 4 is 22.4 Å². The zero-order valence-electron chi connectivity index (χ0n) is 15.9. The molecule has 0 bridgehead atoms. The Morgan fingerprint density at radius 1 is 1.25 bits per heavy atom. The first kappa shape index (κ1) is 20.2. The molecule has 0 aromatic heterocycles. The highest BCUT2D eigenvalue weighted by atomic mass is 28.2. The van der Waals surface area contributed by atoms with Gasteiger partial charge in [-0.2, -0.15) is 0 Å². The summed E-state index contributed by atoms with van der Waals surface area (Å²) in [6, 6.07) is 1.04. The molecule has 0 heterocycles. The van der Waals surface area contributed by atoms with Crippen LogP contribution in [0, 0.1) is 19.8 Å². The third-order valence-electron chi connectivity index (χ3n) is 4.16. The predicted molar refractivity (Wildman–Crippen MR) is 99.3 cm³/mol. The fourth-order valence-electron chi connectivity index (χ4n) is 3.40. The van der Waals surface area contributed by atoms with Crippen molar-refractivity contribution in [1.82, 2.24) is 5.32 Å². The minimum Gasteiger partial charge on any atom is -0.552 e. The number of carbonyl (C=O) groups is 2. The monoisotopic (exact) mass is 351 g/mol. The van der Waals surface area contributed by atoms with Gasteiger partial charge in [-0.3, -0.25) is 4.79 Å². The van der Waals surface area contributed by atoms with E-state index in [1.807, 2.05) is 33.8 Å². The van der Waals surface area contributed by atoms with Gasteiger partial charge in [0.2, 0.25) is 10.5 Å². The summed E-state index contributed by atoms with van der Waals surface area (Å²) >= 11 is 0. The van der Waals surface area contributed by atoms with Crippen molar-refractivity contribution in [2.75, 3.05) is 0 Å². The quantitative estimate of drug-likeness (QED) is 0.632. The van der Waals surface area contributed by atoms with Gasteiger partial charge in [-0.05, 0) is 47.9 Å². The molecule has 6 heteroatoms. The van der Waals surface area contributed by atoms with E-state index in [0.29, 0.717) is 21.8 Å². The van der Waals surface area contributed by atoms with Crippen LogP contribution >= 0.6 is 0 Å². The molecule has 0 aliphatic rings. The number of nitrogens with one attached hydrogen (secondary N) is 1. The lowest BCUT2D eigenvalue weighted by atomic mass is 9.79. The van der Waals surface area contributed by atoms with Gasteiger partial charge in [0.25, 0.3) is 0 Å². The van der Waals surface area contributed by atoms with Gasteiger partial charge in [0.15, 0.2) is 5.78 Å². The van der Waals surface area contributed by atoms with E-state index in [1.54, 1.807) is 0 Å². The molecule has 0 saturated carbocycles. The van der Waals surface area contributed by atoms with E-state index in [9.17, 15) is 9.59 Å². The number of hydrogen-bond acceptors (Lipinski definition) is 3. The summed E-state index contributed by atoms with van der Waals surface area (Å²) in [6.07, 6.45) is -1.20. The van der Waals surface area contributed by atoms with Crippen molar-refractivity contribution in [1.29, 1.82) is 0 Å². The first-order chi connectivity index (χ1) is 10.9. The maximum Gasteiger partial charge on any atom is 0.405 e. The van der Waals surface area contributed by atoms with Gasteiger partial charge in [-0.1, -0.05) is 34.6 Å². The van der Waals surface area contributed by atoms with Crippen LogP contribution < -0.4 is 9.74 Å². The molecule has 0 fully saturated rings. The largest absolute Gasteiger partial charge is 0.552 e. The van der Waals surface area contributed by atoms with Crippen molar-refractivity contribution in [2.24, 2.45) is 5.92 Å². The van der Waals surface area contributed by atoms with E-state index < -0.39 is 12.1 Å². The van der Waals surface area contributed by atoms with Crippen molar-refractivity contribution in [3.05, 3.63) is 28.3 Å². The molecule has 0 unspecified atom stereocenters. The van der Waals surface area contributed by atoms with Gasteiger partial charge >= 0.3 is 6.09 Å². The first-order valence-electron chi connectivity index (χ1n) is 8.14. The lowest BCUT2D eigenvalue weighted by Gasteiger charge is -2.28. The molecule has 1 atom stereocenters. The molecule has 0 aliphatic heterocycles. The van der Waals surface area contributed by atoms with Crippen molar-refractivity contribution in [3.8, 4) is 5.75 Å². The maximum atomic E-state index is 13.0. The first-order valence-corrected chi connectivity index (χ1v) is 8.95. The summed E-state index contributed by atoms with van der Waals surface area (Å²) in [4.78, 5) is 24.0. The molecule has 5 nitrogen and oxygen atoms in total. The molecular formula is C18H29NO4Si. The number of benzene rings is 1. The van der Waals surface area contributed by atoms with Crippen LogP contribution in [0.1, 0.15) is 61.7 Å². The average molecular weight is 352 g/mol. The highest BCUT2D eigenvalue weighted by molar-refractivity contribution is 6.07. The molecule has 1 aromatic rings. The molecule has 0 spiro atoms. The van der Waals surface area contributed by atoms with Crippen molar-refractivity contribution in [2.45, 2.75) is 59.9 Å². The lowest BCUT2D eigenvalue weighted by Crippen LogP contribution is -2.44. The Kier molecular flexibility index (Phi) is 6.22. The lowest BCUT2D eigenvalue weighted by molar-refractivity contribution is 0.0908. The smallest absolute Gasteiger partial charge is 0.405 e. The Bertz CT molecular complexity index is 647. The van der Waals surface area contributed by atoms with Crippen LogP contribution in [-0.4, -0.2) is 33.5 Å². The summed E-state index contributed by atoms with van der Waals surface area (Å²) in [5, 5.41) is 11.4. The van der Waals surface area contributed by atoms with Gasteiger partial charge in [0.1, 0.15) is 5.75 Å². The standard InChI is InChI=1S/C18H29NO4Si/c1-9(2)14(19-17(21)22)15(20)12-8-10(3)13(18(5,6)7)11(4)16(12)23-24/h8-9,14,19H,1-7,24H3,(H,21,22)/t14-/m0/s1. The topological polar surface area (TPSA) is 75.6 Å². The zero-order valence-corrected chi connectivity index (χ0v) is 17.9. The molecule has 1 aromatic carbocycles. The normalized spacial score (nSPS) is 13.0. The number of hydrogen-bond donors (Lipinski definition) is 2. The summed E-state index contributed by atoms with van der Waals surface area (Å²) in [6.45, 7) is 14.0. The Labute approximate surface area is 147 Å². The number of ketones is 1. The molecule has 134 valence electrons. The fraction of sp³-hybridized carbons (Fsp3) is 0.556. The van der Waals surface area contributed by atoms with Gasteiger partial charge in [0.05, 0.1) is 11.6 Å². The minimum atomic E-state index is -1.20. The third kappa shape index (κ3) is 4.17. The van der Waals surface area contributed by atoms with E-state index in [4.69, 9.17) is 9.53 Å². The van der Waals surface area contributed by atoms with Gasteiger partial charge in [-0.25, -0.2) is 4.79 Å². The molecule has 0 radical (unpaired) electrons. The average Bonchev–Trinajstić information content (AvgIpc) is 2.41. The van der Waals surface area contributed by atoms with E-state index in [1.165, 1.54) is 0 Å². The Morgan fingerprint density at radius 3 is 2.17 bits per heavy atom.